The van der Waals surface area contributed by atoms with Gasteiger partial charge in [0.05, 0.1) is 21.3 Å². The van der Waals surface area contributed by atoms with Gasteiger partial charge in [0, 0.05) is 5.56 Å². The van der Waals surface area contributed by atoms with E-state index < -0.39 is 6.10 Å². The maximum atomic E-state index is 12.7. The Labute approximate surface area is 154 Å². The summed E-state index contributed by atoms with van der Waals surface area (Å²) in [5.74, 6) is 2.00. The van der Waals surface area contributed by atoms with Crippen LogP contribution in [-0.4, -0.2) is 33.2 Å². The van der Waals surface area contributed by atoms with Gasteiger partial charge in [-0.2, -0.15) is 0 Å². The average Bonchev–Trinajstić information content (AvgIpc) is 2.67. The zero-order valence-corrected chi connectivity index (χ0v) is 15.7. The first-order valence-electron chi connectivity index (χ1n) is 8.27. The van der Waals surface area contributed by atoms with Gasteiger partial charge in [0.2, 0.25) is 5.78 Å². The first-order valence-corrected chi connectivity index (χ1v) is 8.27. The zero-order chi connectivity index (χ0) is 19.1. The number of benzene rings is 2. The van der Waals surface area contributed by atoms with E-state index in [1.165, 1.54) is 7.11 Å². The van der Waals surface area contributed by atoms with E-state index in [0.717, 1.165) is 5.56 Å². The van der Waals surface area contributed by atoms with Crippen molar-refractivity contribution in [2.45, 2.75) is 20.0 Å². The summed E-state index contributed by atoms with van der Waals surface area (Å²) >= 11 is 0. The summed E-state index contributed by atoms with van der Waals surface area (Å²) < 4.78 is 21.7. The van der Waals surface area contributed by atoms with E-state index in [1.54, 1.807) is 45.4 Å². The van der Waals surface area contributed by atoms with Gasteiger partial charge in [-0.15, -0.1) is 0 Å². The standard InChI is InChI=1S/C21H24O5/c1-6-7-15-8-10-18(19(12-15)24-4)26-14(2)21(22)16-9-11-17(23-3)20(13-16)25-5/h6-14H,1-5H3/b7-6+/t14-/m1/s1. The summed E-state index contributed by atoms with van der Waals surface area (Å²) in [6.07, 6.45) is 3.22. The molecule has 0 aliphatic heterocycles. The van der Waals surface area contributed by atoms with Crippen LogP contribution in [0.25, 0.3) is 6.08 Å². The van der Waals surface area contributed by atoms with Gasteiger partial charge in [-0.1, -0.05) is 18.2 Å². The minimum absolute atomic E-state index is 0.162. The lowest BCUT2D eigenvalue weighted by atomic mass is 10.1. The summed E-state index contributed by atoms with van der Waals surface area (Å²) in [6, 6.07) is 10.6. The summed E-state index contributed by atoms with van der Waals surface area (Å²) in [5.41, 5.74) is 1.48. The Balaban J connectivity index is 2.21. The predicted octanol–water partition coefficient (Wildman–Crippen LogP) is 4.40. The quantitative estimate of drug-likeness (QED) is 0.656. The number of hydrogen-bond acceptors (Lipinski definition) is 5. The molecular formula is C21H24O5. The molecule has 0 saturated carbocycles. The number of carbonyl (C=O) groups excluding carboxylic acids is 1. The SMILES string of the molecule is C/C=C/c1ccc(O[C@H](C)C(=O)c2ccc(OC)c(OC)c2)c(OC)c1. The lowest BCUT2D eigenvalue weighted by Gasteiger charge is -2.17. The van der Waals surface area contributed by atoms with Gasteiger partial charge in [-0.05, 0) is 49.7 Å². The van der Waals surface area contributed by atoms with Crippen molar-refractivity contribution < 1.29 is 23.7 Å². The summed E-state index contributed by atoms with van der Waals surface area (Å²) in [6.45, 7) is 3.65. The Morgan fingerprint density at radius 2 is 1.50 bits per heavy atom. The van der Waals surface area contributed by atoms with Crippen LogP contribution in [0.2, 0.25) is 0 Å². The second-order valence-corrected chi connectivity index (χ2v) is 5.60. The Hall–Kier alpha value is -2.95. The molecule has 0 amide bonds. The molecule has 0 N–H and O–H groups in total. The lowest BCUT2D eigenvalue weighted by molar-refractivity contribution is 0.0813. The topological polar surface area (TPSA) is 54.0 Å². The van der Waals surface area contributed by atoms with Crippen molar-refractivity contribution in [1.82, 2.24) is 0 Å². The summed E-state index contributed by atoms with van der Waals surface area (Å²) in [7, 11) is 4.65. The highest BCUT2D eigenvalue weighted by molar-refractivity contribution is 6.00. The molecule has 0 aromatic heterocycles. The van der Waals surface area contributed by atoms with Crippen molar-refractivity contribution in [3.8, 4) is 23.0 Å². The number of allylic oxidation sites excluding steroid dienone is 1. The summed E-state index contributed by atoms with van der Waals surface area (Å²) in [4.78, 5) is 12.7. The van der Waals surface area contributed by atoms with Gasteiger partial charge in [0.15, 0.2) is 29.1 Å². The van der Waals surface area contributed by atoms with E-state index in [2.05, 4.69) is 0 Å². The van der Waals surface area contributed by atoms with Gasteiger partial charge in [-0.3, -0.25) is 4.79 Å². The van der Waals surface area contributed by atoms with Gasteiger partial charge in [0.25, 0.3) is 0 Å². The highest BCUT2D eigenvalue weighted by Crippen LogP contribution is 2.31. The van der Waals surface area contributed by atoms with Crippen LogP contribution in [0.15, 0.2) is 42.5 Å². The van der Waals surface area contributed by atoms with Crippen molar-refractivity contribution in [1.29, 1.82) is 0 Å². The van der Waals surface area contributed by atoms with E-state index in [-0.39, 0.29) is 5.78 Å². The number of methoxy groups -OCH3 is 3. The first-order chi connectivity index (χ1) is 12.5. The van der Waals surface area contributed by atoms with Crippen molar-refractivity contribution in [3.05, 3.63) is 53.6 Å². The maximum absolute atomic E-state index is 12.7. The molecule has 26 heavy (non-hydrogen) atoms. The Bertz CT molecular complexity index is 795. The second kappa shape index (κ2) is 8.94. The Morgan fingerprint density at radius 1 is 0.885 bits per heavy atom. The minimum Gasteiger partial charge on any atom is -0.493 e. The maximum Gasteiger partial charge on any atom is 0.203 e. The van der Waals surface area contributed by atoms with Gasteiger partial charge in [-0.25, -0.2) is 0 Å². The molecule has 138 valence electrons. The number of carbonyl (C=O) groups is 1. The van der Waals surface area contributed by atoms with Crippen LogP contribution >= 0.6 is 0 Å². The Kier molecular flexibility index (Phi) is 6.67. The number of ether oxygens (including phenoxy) is 4. The second-order valence-electron chi connectivity index (χ2n) is 5.60. The predicted molar refractivity (Wildman–Crippen MR) is 102 cm³/mol. The van der Waals surface area contributed by atoms with E-state index >= 15 is 0 Å². The fourth-order valence-corrected chi connectivity index (χ4v) is 2.55. The number of ketones is 1. The highest BCUT2D eigenvalue weighted by Gasteiger charge is 2.20. The molecule has 0 saturated heterocycles. The van der Waals surface area contributed by atoms with Crippen molar-refractivity contribution in [3.63, 3.8) is 0 Å². The van der Waals surface area contributed by atoms with Gasteiger partial charge < -0.3 is 18.9 Å². The van der Waals surface area contributed by atoms with Gasteiger partial charge >= 0.3 is 0 Å². The Morgan fingerprint density at radius 3 is 2.12 bits per heavy atom. The minimum atomic E-state index is -0.686. The molecule has 0 fully saturated rings. The van der Waals surface area contributed by atoms with Crippen molar-refractivity contribution in [2.75, 3.05) is 21.3 Å². The molecule has 2 rings (SSSR count). The third kappa shape index (κ3) is 4.36. The molecule has 0 unspecified atom stereocenters. The van der Waals surface area contributed by atoms with E-state index in [9.17, 15) is 4.79 Å². The van der Waals surface area contributed by atoms with Crippen molar-refractivity contribution in [2.24, 2.45) is 0 Å². The number of Topliss-reactive ketones (excluding diaryl/α,β-unsaturated/α-hetero) is 1. The summed E-state index contributed by atoms with van der Waals surface area (Å²) in [5, 5.41) is 0. The number of rotatable bonds is 8. The van der Waals surface area contributed by atoms with Crippen LogP contribution < -0.4 is 18.9 Å². The van der Waals surface area contributed by atoms with Crippen LogP contribution in [0, 0.1) is 0 Å². The molecular weight excluding hydrogens is 332 g/mol. The molecule has 0 spiro atoms. The zero-order valence-electron chi connectivity index (χ0n) is 15.7. The van der Waals surface area contributed by atoms with Gasteiger partial charge in [0.1, 0.15) is 0 Å². The molecule has 0 radical (unpaired) electrons. The number of hydrogen-bond donors (Lipinski definition) is 0. The monoisotopic (exact) mass is 356 g/mol. The largest absolute Gasteiger partial charge is 0.493 e. The molecule has 0 aliphatic carbocycles. The van der Waals surface area contributed by atoms with Crippen LogP contribution in [0.5, 0.6) is 23.0 Å². The van der Waals surface area contributed by atoms with E-state index in [4.69, 9.17) is 18.9 Å². The third-order valence-corrected chi connectivity index (χ3v) is 3.89. The van der Waals surface area contributed by atoms with E-state index in [0.29, 0.717) is 28.6 Å². The van der Waals surface area contributed by atoms with Crippen LogP contribution in [0.3, 0.4) is 0 Å². The first kappa shape index (κ1) is 19.4. The smallest absolute Gasteiger partial charge is 0.203 e. The van der Waals surface area contributed by atoms with Crippen LogP contribution in [0.1, 0.15) is 29.8 Å². The molecule has 1 atom stereocenters. The highest BCUT2D eigenvalue weighted by atomic mass is 16.5. The fraction of sp³-hybridized carbons (Fsp3) is 0.286. The molecule has 0 aliphatic rings. The molecule has 5 nitrogen and oxygen atoms in total. The molecule has 0 bridgehead atoms. The van der Waals surface area contributed by atoms with Crippen molar-refractivity contribution >= 4 is 11.9 Å². The molecule has 2 aromatic carbocycles. The average molecular weight is 356 g/mol. The van der Waals surface area contributed by atoms with Crippen LogP contribution in [-0.2, 0) is 0 Å². The molecule has 0 heterocycles. The molecule has 5 heteroatoms. The van der Waals surface area contributed by atoms with E-state index in [1.807, 2.05) is 31.2 Å². The third-order valence-electron chi connectivity index (χ3n) is 3.89. The fourth-order valence-electron chi connectivity index (χ4n) is 2.55. The van der Waals surface area contributed by atoms with Crippen LogP contribution in [0.4, 0.5) is 0 Å². The lowest BCUT2D eigenvalue weighted by Crippen LogP contribution is -2.24. The molecule has 2 aromatic rings. The normalized spacial score (nSPS) is 11.9.